The van der Waals surface area contributed by atoms with E-state index in [4.69, 9.17) is 4.74 Å². The van der Waals surface area contributed by atoms with Crippen LogP contribution in [0.25, 0.3) is 0 Å². The van der Waals surface area contributed by atoms with Gasteiger partial charge in [-0.2, -0.15) is 5.26 Å². The smallest absolute Gasteiger partial charge is 0.243 e. The van der Waals surface area contributed by atoms with E-state index in [-0.39, 0.29) is 17.6 Å². The molecule has 4 heteroatoms. The van der Waals surface area contributed by atoms with E-state index < -0.39 is 5.41 Å². The van der Waals surface area contributed by atoms with E-state index >= 15 is 0 Å². The Bertz CT molecular complexity index is 391. The quantitative estimate of drug-likeness (QED) is 0.731. The molecule has 106 valence electrons. The van der Waals surface area contributed by atoms with Gasteiger partial charge in [-0.25, -0.2) is 0 Å². The van der Waals surface area contributed by atoms with Crippen LogP contribution in [-0.4, -0.2) is 35.6 Å². The average Bonchev–Trinajstić information content (AvgIpc) is 2.36. The monoisotopic (exact) mass is 264 g/mol. The largest absolute Gasteiger partial charge is 0.369 e. The molecular formula is C15H24N2O2. The molecule has 0 N–H and O–H groups in total. The first-order valence-electron chi connectivity index (χ1n) is 7.27. The summed E-state index contributed by atoms with van der Waals surface area (Å²) in [4.78, 5) is 14.6. The third-order valence-electron chi connectivity index (χ3n) is 4.19. The van der Waals surface area contributed by atoms with Crippen molar-refractivity contribution in [3.8, 4) is 6.07 Å². The van der Waals surface area contributed by atoms with Crippen molar-refractivity contribution in [2.45, 2.75) is 64.6 Å². The number of hydrogen-bond acceptors (Lipinski definition) is 3. The van der Waals surface area contributed by atoms with Crippen molar-refractivity contribution >= 4 is 5.91 Å². The fraction of sp³-hybridized carbons (Fsp3) is 0.867. The van der Waals surface area contributed by atoms with Crippen LogP contribution in [0.5, 0.6) is 0 Å². The molecule has 2 fully saturated rings. The van der Waals surface area contributed by atoms with Gasteiger partial charge in [0.05, 0.1) is 17.8 Å². The van der Waals surface area contributed by atoms with Crippen LogP contribution in [0.1, 0.15) is 52.9 Å². The first-order chi connectivity index (χ1) is 8.88. The highest BCUT2D eigenvalue weighted by Gasteiger charge is 2.45. The second-order valence-electron chi connectivity index (χ2n) is 6.63. The first kappa shape index (κ1) is 14.3. The standard InChI is InChI=1S/C15H24N2O2/c1-12-9-17(11-14(2,3)19-12)13(18)15(10-16)7-5-4-6-8-15/h12H,4-9,11H2,1-3H3. The molecule has 0 spiro atoms. The van der Waals surface area contributed by atoms with E-state index in [9.17, 15) is 10.1 Å². The second-order valence-corrected chi connectivity index (χ2v) is 6.63. The number of amides is 1. The van der Waals surface area contributed by atoms with E-state index in [2.05, 4.69) is 6.07 Å². The van der Waals surface area contributed by atoms with Gasteiger partial charge in [-0.3, -0.25) is 4.79 Å². The zero-order valence-electron chi connectivity index (χ0n) is 12.2. The molecule has 0 radical (unpaired) electrons. The van der Waals surface area contributed by atoms with Crippen LogP contribution in [0.3, 0.4) is 0 Å². The maximum absolute atomic E-state index is 12.8. The van der Waals surface area contributed by atoms with Crippen LogP contribution >= 0.6 is 0 Å². The highest BCUT2D eigenvalue weighted by Crippen LogP contribution is 2.38. The molecule has 0 bridgehead atoms. The molecule has 1 aliphatic carbocycles. The third kappa shape index (κ3) is 2.92. The van der Waals surface area contributed by atoms with Gasteiger partial charge in [-0.05, 0) is 33.6 Å². The summed E-state index contributed by atoms with van der Waals surface area (Å²) in [5.41, 5.74) is -1.09. The molecule has 2 aliphatic rings. The summed E-state index contributed by atoms with van der Waals surface area (Å²) < 4.78 is 5.83. The molecule has 1 saturated carbocycles. The van der Waals surface area contributed by atoms with Crippen molar-refractivity contribution in [2.24, 2.45) is 5.41 Å². The number of nitrogens with zero attached hydrogens (tertiary/aromatic N) is 2. The van der Waals surface area contributed by atoms with Crippen molar-refractivity contribution < 1.29 is 9.53 Å². The minimum atomic E-state index is -0.772. The van der Waals surface area contributed by atoms with Crippen molar-refractivity contribution in [1.29, 1.82) is 5.26 Å². The lowest BCUT2D eigenvalue weighted by atomic mass is 9.74. The van der Waals surface area contributed by atoms with E-state index in [1.54, 1.807) is 0 Å². The van der Waals surface area contributed by atoms with Crippen molar-refractivity contribution in [1.82, 2.24) is 4.90 Å². The van der Waals surface area contributed by atoms with Crippen molar-refractivity contribution in [3.63, 3.8) is 0 Å². The van der Waals surface area contributed by atoms with Crippen LogP contribution in [0.4, 0.5) is 0 Å². The van der Waals surface area contributed by atoms with Gasteiger partial charge in [0.2, 0.25) is 5.91 Å². The van der Waals surface area contributed by atoms with Gasteiger partial charge < -0.3 is 9.64 Å². The van der Waals surface area contributed by atoms with Gasteiger partial charge in [0.25, 0.3) is 0 Å². The molecule has 1 aliphatic heterocycles. The second kappa shape index (κ2) is 5.13. The van der Waals surface area contributed by atoms with Crippen molar-refractivity contribution in [2.75, 3.05) is 13.1 Å². The number of ether oxygens (including phenoxy) is 1. The van der Waals surface area contributed by atoms with Crippen LogP contribution < -0.4 is 0 Å². The Morgan fingerprint density at radius 1 is 1.32 bits per heavy atom. The van der Waals surface area contributed by atoms with Gasteiger partial charge in [-0.15, -0.1) is 0 Å². The van der Waals surface area contributed by atoms with Gasteiger partial charge in [0.15, 0.2) is 0 Å². The fourth-order valence-electron chi connectivity index (χ4n) is 3.44. The molecule has 0 aromatic heterocycles. The summed E-state index contributed by atoms with van der Waals surface area (Å²) in [5, 5.41) is 9.51. The van der Waals surface area contributed by atoms with E-state index in [0.29, 0.717) is 25.9 Å². The zero-order valence-corrected chi connectivity index (χ0v) is 12.2. The predicted octanol–water partition coefficient (Wildman–Crippen LogP) is 2.49. The summed E-state index contributed by atoms with van der Waals surface area (Å²) in [5.74, 6) is 0.0259. The summed E-state index contributed by atoms with van der Waals surface area (Å²) in [6.07, 6.45) is 4.59. The molecule has 0 aromatic rings. The Balaban J connectivity index is 2.16. The molecule has 1 unspecified atom stereocenters. The summed E-state index contributed by atoms with van der Waals surface area (Å²) in [6.45, 7) is 7.18. The Hall–Kier alpha value is -1.08. The van der Waals surface area contributed by atoms with Gasteiger partial charge in [-0.1, -0.05) is 19.3 Å². The van der Waals surface area contributed by atoms with E-state index in [1.165, 1.54) is 0 Å². The van der Waals surface area contributed by atoms with Crippen molar-refractivity contribution in [3.05, 3.63) is 0 Å². The Morgan fingerprint density at radius 2 is 1.95 bits per heavy atom. The lowest BCUT2D eigenvalue weighted by Gasteiger charge is -2.44. The number of nitriles is 1. The number of rotatable bonds is 1. The Morgan fingerprint density at radius 3 is 2.47 bits per heavy atom. The molecule has 1 saturated heterocycles. The minimum absolute atomic E-state index is 0.0259. The Kier molecular flexibility index (Phi) is 3.87. The molecule has 0 aromatic carbocycles. The number of hydrogen-bond donors (Lipinski definition) is 0. The van der Waals surface area contributed by atoms with Crippen LogP contribution in [0, 0.1) is 16.7 Å². The molecular weight excluding hydrogens is 240 g/mol. The predicted molar refractivity (Wildman–Crippen MR) is 72.3 cm³/mol. The first-order valence-corrected chi connectivity index (χ1v) is 7.27. The van der Waals surface area contributed by atoms with Gasteiger partial charge in [0, 0.05) is 13.1 Å². The van der Waals surface area contributed by atoms with Gasteiger partial charge >= 0.3 is 0 Å². The molecule has 1 heterocycles. The molecule has 1 amide bonds. The number of carbonyl (C=O) groups excluding carboxylic acids is 1. The van der Waals surface area contributed by atoms with Crippen LogP contribution in [0.2, 0.25) is 0 Å². The molecule has 4 nitrogen and oxygen atoms in total. The van der Waals surface area contributed by atoms with Crippen LogP contribution in [-0.2, 0) is 9.53 Å². The fourth-order valence-corrected chi connectivity index (χ4v) is 3.44. The topological polar surface area (TPSA) is 53.3 Å². The van der Waals surface area contributed by atoms with E-state index in [1.807, 2.05) is 25.7 Å². The lowest BCUT2D eigenvalue weighted by Crippen LogP contribution is -2.57. The number of morpholine rings is 1. The number of carbonyl (C=O) groups is 1. The van der Waals surface area contributed by atoms with E-state index in [0.717, 1.165) is 19.3 Å². The molecule has 19 heavy (non-hydrogen) atoms. The normalized spacial score (nSPS) is 29.6. The maximum atomic E-state index is 12.8. The SMILES string of the molecule is CC1CN(C(=O)C2(C#N)CCCCC2)CC(C)(C)O1. The lowest BCUT2D eigenvalue weighted by molar-refractivity contribution is -0.165. The summed E-state index contributed by atoms with van der Waals surface area (Å²) >= 11 is 0. The minimum Gasteiger partial charge on any atom is -0.369 e. The highest BCUT2D eigenvalue weighted by molar-refractivity contribution is 5.85. The van der Waals surface area contributed by atoms with Gasteiger partial charge in [0.1, 0.15) is 5.41 Å². The Labute approximate surface area is 115 Å². The third-order valence-corrected chi connectivity index (χ3v) is 4.19. The average molecular weight is 264 g/mol. The maximum Gasteiger partial charge on any atom is 0.243 e. The summed E-state index contributed by atoms with van der Waals surface area (Å²) in [7, 11) is 0. The van der Waals surface area contributed by atoms with Crippen LogP contribution in [0.15, 0.2) is 0 Å². The summed E-state index contributed by atoms with van der Waals surface area (Å²) in [6, 6.07) is 2.32. The zero-order chi connectivity index (χ0) is 14.1. The molecule has 1 atom stereocenters. The highest BCUT2D eigenvalue weighted by atomic mass is 16.5. The molecule has 2 rings (SSSR count).